The van der Waals surface area contributed by atoms with E-state index in [1.165, 1.54) is 13.0 Å². The Morgan fingerprint density at radius 2 is 1.67 bits per heavy atom. The van der Waals surface area contributed by atoms with E-state index in [0.717, 1.165) is 45.8 Å². The predicted molar refractivity (Wildman–Crippen MR) is 86.7 cm³/mol. The van der Waals surface area contributed by atoms with Crippen molar-refractivity contribution in [1.82, 2.24) is 14.7 Å². The summed E-state index contributed by atoms with van der Waals surface area (Å²) in [5, 5.41) is 0. The smallest absolute Gasteiger partial charge is 0.410 e. The molecule has 1 saturated heterocycles. The molecule has 21 heavy (non-hydrogen) atoms. The molecule has 0 saturated carbocycles. The summed E-state index contributed by atoms with van der Waals surface area (Å²) in [4.78, 5) is 18.7. The number of carbonyl (C=O) groups excluding carboxylic acids is 1. The number of amides is 1. The lowest BCUT2D eigenvalue weighted by molar-refractivity contribution is 0.0143. The molecule has 1 fully saturated rings. The summed E-state index contributed by atoms with van der Waals surface area (Å²) < 4.78 is 5.42. The minimum atomic E-state index is -0.405. The number of rotatable bonds is 6. The topological polar surface area (TPSA) is 36.0 Å². The summed E-state index contributed by atoms with van der Waals surface area (Å²) >= 11 is 0. The predicted octanol–water partition coefficient (Wildman–Crippen LogP) is 2.27. The van der Waals surface area contributed by atoms with Gasteiger partial charge in [-0.3, -0.25) is 4.90 Å². The molecule has 1 heterocycles. The maximum Gasteiger partial charge on any atom is 0.410 e. The van der Waals surface area contributed by atoms with Gasteiger partial charge in [-0.15, -0.1) is 0 Å². The Hall–Kier alpha value is -0.810. The van der Waals surface area contributed by atoms with Gasteiger partial charge in [-0.25, -0.2) is 4.79 Å². The van der Waals surface area contributed by atoms with Crippen molar-refractivity contribution in [2.45, 2.75) is 46.6 Å². The third-order valence-corrected chi connectivity index (χ3v) is 3.87. The molecule has 0 atom stereocenters. The fraction of sp³-hybridized carbons (Fsp3) is 0.938. The second-order valence-corrected chi connectivity index (χ2v) is 6.69. The van der Waals surface area contributed by atoms with Gasteiger partial charge in [0.05, 0.1) is 0 Å². The van der Waals surface area contributed by atoms with Crippen LogP contribution in [0.25, 0.3) is 0 Å². The van der Waals surface area contributed by atoms with E-state index in [9.17, 15) is 4.79 Å². The van der Waals surface area contributed by atoms with Crippen LogP contribution in [0.3, 0.4) is 0 Å². The lowest BCUT2D eigenvalue weighted by atomic mass is 10.2. The highest BCUT2D eigenvalue weighted by Gasteiger charge is 2.25. The van der Waals surface area contributed by atoms with Crippen LogP contribution < -0.4 is 0 Å². The molecule has 1 rings (SSSR count). The van der Waals surface area contributed by atoms with Gasteiger partial charge in [0.1, 0.15) is 5.60 Å². The monoisotopic (exact) mass is 299 g/mol. The minimum Gasteiger partial charge on any atom is -0.444 e. The van der Waals surface area contributed by atoms with E-state index in [1.54, 1.807) is 0 Å². The summed E-state index contributed by atoms with van der Waals surface area (Å²) in [7, 11) is 0. The first kappa shape index (κ1) is 18.2. The van der Waals surface area contributed by atoms with Gasteiger partial charge in [0.25, 0.3) is 0 Å². The van der Waals surface area contributed by atoms with Crippen molar-refractivity contribution in [2.75, 3.05) is 52.4 Å². The van der Waals surface area contributed by atoms with Crippen LogP contribution in [0, 0.1) is 0 Å². The maximum atomic E-state index is 12.0. The van der Waals surface area contributed by atoms with E-state index < -0.39 is 5.60 Å². The number of carbonyl (C=O) groups is 1. The minimum absolute atomic E-state index is 0.176. The van der Waals surface area contributed by atoms with Crippen molar-refractivity contribution >= 4 is 6.09 Å². The third-order valence-electron chi connectivity index (χ3n) is 3.87. The van der Waals surface area contributed by atoms with E-state index in [2.05, 4.69) is 23.6 Å². The number of hydrogen-bond acceptors (Lipinski definition) is 4. The van der Waals surface area contributed by atoms with Gasteiger partial charge in [-0.05, 0) is 53.4 Å². The molecule has 0 aliphatic carbocycles. The summed E-state index contributed by atoms with van der Waals surface area (Å²) in [6, 6.07) is 0. The standard InChI is InChI=1S/C16H33N3O2/c1-6-17(7-2)9-8-10-18-11-13-19(14-12-18)15(20)21-16(3,4)5/h6-14H2,1-5H3. The van der Waals surface area contributed by atoms with Crippen molar-refractivity contribution in [3.63, 3.8) is 0 Å². The molecule has 0 aromatic heterocycles. The highest BCUT2D eigenvalue weighted by Crippen LogP contribution is 2.12. The van der Waals surface area contributed by atoms with Crippen LogP contribution in [0.5, 0.6) is 0 Å². The van der Waals surface area contributed by atoms with Gasteiger partial charge in [0, 0.05) is 26.2 Å². The molecule has 5 heteroatoms. The Labute approximate surface area is 130 Å². The van der Waals surface area contributed by atoms with Crippen LogP contribution >= 0.6 is 0 Å². The molecular formula is C16H33N3O2. The number of hydrogen-bond donors (Lipinski definition) is 0. The summed E-state index contributed by atoms with van der Waals surface area (Å²) in [5.41, 5.74) is -0.405. The summed E-state index contributed by atoms with van der Waals surface area (Å²) in [5.74, 6) is 0. The van der Waals surface area contributed by atoms with Crippen molar-refractivity contribution < 1.29 is 9.53 Å². The SMILES string of the molecule is CCN(CC)CCCN1CCN(C(=O)OC(C)(C)C)CC1. The average molecular weight is 299 g/mol. The first-order valence-electron chi connectivity index (χ1n) is 8.28. The second kappa shape index (κ2) is 8.59. The molecule has 124 valence electrons. The van der Waals surface area contributed by atoms with Crippen LogP contribution in [0.2, 0.25) is 0 Å². The lowest BCUT2D eigenvalue weighted by Crippen LogP contribution is -2.50. The molecule has 1 aliphatic heterocycles. The molecule has 0 aromatic carbocycles. The van der Waals surface area contributed by atoms with Crippen LogP contribution in [-0.4, -0.2) is 78.8 Å². The van der Waals surface area contributed by atoms with Crippen molar-refractivity contribution in [3.05, 3.63) is 0 Å². The van der Waals surface area contributed by atoms with E-state index in [4.69, 9.17) is 4.74 Å². The molecule has 1 amide bonds. The number of piperazine rings is 1. The lowest BCUT2D eigenvalue weighted by Gasteiger charge is -2.35. The zero-order chi connectivity index (χ0) is 15.9. The van der Waals surface area contributed by atoms with Crippen LogP contribution in [0.15, 0.2) is 0 Å². The van der Waals surface area contributed by atoms with E-state index in [1.807, 2.05) is 25.7 Å². The fourth-order valence-corrected chi connectivity index (χ4v) is 2.54. The Morgan fingerprint density at radius 3 is 2.14 bits per heavy atom. The first-order chi connectivity index (χ1) is 9.85. The van der Waals surface area contributed by atoms with E-state index >= 15 is 0 Å². The van der Waals surface area contributed by atoms with Gasteiger partial charge in [0.15, 0.2) is 0 Å². The Morgan fingerprint density at radius 1 is 1.10 bits per heavy atom. The highest BCUT2D eigenvalue weighted by atomic mass is 16.6. The molecule has 1 aliphatic rings. The Balaban J connectivity index is 2.21. The van der Waals surface area contributed by atoms with Gasteiger partial charge >= 0.3 is 6.09 Å². The van der Waals surface area contributed by atoms with Gasteiger partial charge in [-0.2, -0.15) is 0 Å². The van der Waals surface area contributed by atoms with Gasteiger partial charge in [0.2, 0.25) is 0 Å². The molecule has 0 N–H and O–H groups in total. The molecule has 0 radical (unpaired) electrons. The number of nitrogens with zero attached hydrogens (tertiary/aromatic N) is 3. The number of ether oxygens (including phenoxy) is 1. The largest absolute Gasteiger partial charge is 0.444 e. The Kier molecular flexibility index (Phi) is 7.46. The van der Waals surface area contributed by atoms with Crippen molar-refractivity contribution in [1.29, 1.82) is 0 Å². The van der Waals surface area contributed by atoms with Crippen LogP contribution in [0.4, 0.5) is 4.79 Å². The molecule has 0 unspecified atom stereocenters. The zero-order valence-corrected chi connectivity index (χ0v) is 14.5. The first-order valence-corrected chi connectivity index (χ1v) is 8.28. The molecule has 0 aromatic rings. The van der Waals surface area contributed by atoms with E-state index in [0.29, 0.717) is 0 Å². The normalized spacial score (nSPS) is 17.3. The molecular weight excluding hydrogens is 266 g/mol. The highest BCUT2D eigenvalue weighted by molar-refractivity contribution is 5.68. The van der Waals surface area contributed by atoms with Crippen molar-refractivity contribution in [3.8, 4) is 0 Å². The maximum absolute atomic E-state index is 12.0. The van der Waals surface area contributed by atoms with E-state index in [-0.39, 0.29) is 6.09 Å². The summed E-state index contributed by atoms with van der Waals surface area (Å²) in [6.45, 7) is 18.2. The second-order valence-electron chi connectivity index (χ2n) is 6.69. The Bertz CT molecular complexity index is 303. The molecule has 5 nitrogen and oxygen atoms in total. The van der Waals surface area contributed by atoms with Gasteiger partial charge < -0.3 is 14.5 Å². The van der Waals surface area contributed by atoms with Gasteiger partial charge in [-0.1, -0.05) is 13.8 Å². The fourth-order valence-electron chi connectivity index (χ4n) is 2.54. The van der Waals surface area contributed by atoms with Crippen molar-refractivity contribution in [2.24, 2.45) is 0 Å². The summed E-state index contributed by atoms with van der Waals surface area (Å²) in [6.07, 6.45) is 1.03. The average Bonchev–Trinajstić information content (AvgIpc) is 2.42. The van der Waals surface area contributed by atoms with Crippen LogP contribution in [-0.2, 0) is 4.74 Å². The third kappa shape index (κ3) is 7.14. The van der Waals surface area contributed by atoms with Crippen LogP contribution in [0.1, 0.15) is 41.0 Å². The molecule has 0 spiro atoms. The zero-order valence-electron chi connectivity index (χ0n) is 14.5. The quantitative estimate of drug-likeness (QED) is 0.754. The molecule has 0 bridgehead atoms.